The van der Waals surface area contributed by atoms with Gasteiger partial charge in [-0.25, -0.2) is 4.79 Å². The average molecular weight is 376 g/mol. The highest BCUT2D eigenvalue weighted by Gasteiger charge is 2.19. The molecule has 5 heteroatoms. The first-order valence-electron chi connectivity index (χ1n) is 9.63. The van der Waals surface area contributed by atoms with Crippen LogP contribution >= 0.6 is 0 Å². The van der Waals surface area contributed by atoms with E-state index in [-0.39, 0.29) is 11.8 Å². The van der Waals surface area contributed by atoms with Gasteiger partial charge in [-0.3, -0.25) is 0 Å². The maximum absolute atomic E-state index is 11.5. The number of aromatic amines is 2. The molecule has 1 saturated carbocycles. The molecule has 3 aromatic rings. The third kappa shape index (κ3) is 4.03. The van der Waals surface area contributed by atoms with Crippen molar-refractivity contribution in [3.8, 4) is 11.5 Å². The average Bonchev–Trinajstić information content (AvgIpc) is 3.38. The third-order valence-corrected chi connectivity index (χ3v) is 5.07. The minimum Gasteiger partial charge on any atom is -0.493 e. The van der Waals surface area contributed by atoms with E-state index >= 15 is 0 Å². The van der Waals surface area contributed by atoms with Crippen molar-refractivity contribution >= 4 is 11.6 Å². The molecule has 1 aromatic heterocycles. The Labute approximate surface area is 164 Å². The summed E-state index contributed by atoms with van der Waals surface area (Å²) in [6.07, 6.45) is 8.47. The summed E-state index contributed by atoms with van der Waals surface area (Å²) < 4.78 is 11.8. The highest BCUT2D eigenvalue weighted by atomic mass is 16.5. The van der Waals surface area contributed by atoms with Crippen molar-refractivity contribution in [2.24, 2.45) is 0 Å². The quantitative estimate of drug-likeness (QED) is 0.659. The zero-order valence-electron chi connectivity index (χ0n) is 15.9. The second kappa shape index (κ2) is 8.21. The van der Waals surface area contributed by atoms with Crippen molar-refractivity contribution in [2.45, 2.75) is 31.8 Å². The van der Waals surface area contributed by atoms with Gasteiger partial charge in [0.25, 0.3) is 0 Å². The molecule has 0 atom stereocenters. The molecule has 28 heavy (non-hydrogen) atoms. The summed E-state index contributed by atoms with van der Waals surface area (Å²) in [5, 5.41) is 0. The van der Waals surface area contributed by atoms with E-state index in [2.05, 4.69) is 22.1 Å². The summed E-state index contributed by atoms with van der Waals surface area (Å²) in [7, 11) is 1.66. The molecule has 0 aliphatic heterocycles. The lowest BCUT2D eigenvalue weighted by atomic mass is 9.96. The molecule has 5 nitrogen and oxygen atoms in total. The molecule has 1 aliphatic carbocycles. The van der Waals surface area contributed by atoms with E-state index in [1.807, 2.05) is 42.5 Å². The van der Waals surface area contributed by atoms with Crippen LogP contribution in [0.5, 0.6) is 11.5 Å². The van der Waals surface area contributed by atoms with E-state index in [1.54, 1.807) is 13.3 Å². The highest BCUT2D eigenvalue weighted by molar-refractivity contribution is 5.91. The first-order chi connectivity index (χ1) is 13.7. The lowest BCUT2D eigenvalue weighted by Gasteiger charge is -2.18. The molecule has 4 rings (SSSR count). The molecule has 2 N–H and O–H groups in total. The van der Waals surface area contributed by atoms with E-state index in [0.29, 0.717) is 0 Å². The molecule has 0 bridgehead atoms. The summed E-state index contributed by atoms with van der Waals surface area (Å²) in [6, 6.07) is 16.1. The van der Waals surface area contributed by atoms with E-state index in [0.717, 1.165) is 46.7 Å². The van der Waals surface area contributed by atoms with Crippen molar-refractivity contribution in [1.82, 2.24) is 9.97 Å². The molecule has 0 radical (unpaired) electrons. The smallest absolute Gasteiger partial charge is 0.323 e. The van der Waals surface area contributed by atoms with Crippen molar-refractivity contribution in [3.05, 3.63) is 82.0 Å². The van der Waals surface area contributed by atoms with Gasteiger partial charge in [-0.1, -0.05) is 36.4 Å². The monoisotopic (exact) mass is 376 g/mol. The zero-order chi connectivity index (χ0) is 19.3. The minimum atomic E-state index is -0.223. The van der Waals surface area contributed by atoms with E-state index in [1.165, 1.54) is 12.8 Å². The molecule has 0 spiro atoms. The number of benzene rings is 2. The van der Waals surface area contributed by atoms with Crippen LogP contribution in [-0.2, 0) is 0 Å². The van der Waals surface area contributed by atoms with Crippen LogP contribution in [0.2, 0.25) is 0 Å². The normalized spacial score (nSPS) is 15.0. The molecule has 0 saturated heterocycles. The van der Waals surface area contributed by atoms with Crippen molar-refractivity contribution < 1.29 is 9.47 Å². The summed E-state index contributed by atoms with van der Waals surface area (Å²) in [6.45, 7) is 0. The van der Waals surface area contributed by atoms with Crippen LogP contribution in [0, 0.1) is 0 Å². The van der Waals surface area contributed by atoms with Crippen LogP contribution in [-0.4, -0.2) is 23.2 Å². The van der Waals surface area contributed by atoms with Crippen LogP contribution in [0.3, 0.4) is 0 Å². The number of hydrogen-bond donors (Lipinski definition) is 2. The molecule has 0 unspecified atom stereocenters. The number of aromatic nitrogens is 2. The van der Waals surface area contributed by atoms with Crippen molar-refractivity contribution in [2.75, 3.05) is 7.11 Å². The Kier molecular flexibility index (Phi) is 5.33. The van der Waals surface area contributed by atoms with Gasteiger partial charge in [0.15, 0.2) is 11.5 Å². The summed E-state index contributed by atoms with van der Waals surface area (Å²) in [5.74, 6) is 1.49. The SMILES string of the molecule is COc1ccc(/C(=C/c2c[nH]c(=O)[nH]2)c2ccccc2)cc1OC1CCCC1. The van der Waals surface area contributed by atoms with Gasteiger partial charge in [0.1, 0.15) is 0 Å². The minimum absolute atomic E-state index is 0.223. The van der Waals surface area contributed by atoms with Gasteiger partial charge in [-0.05, 0) is 60.6 Å². The third-order valence-electron chi connectivity index (χ3n) is 5.07. The van der Waals surface area contributed by atoms with Gasteiger partial charge >= 0.3 is 5.69 Å². The summed E-state index contributed by atoms with van der Waals surface area (Å²) in [5.41, 5.74) is 3.55. The maximum atomic E-state index is 11.5. The maximum Gasteiger partial charge on any atom is 0.323 e. The van der Waals surface area contributed by atoms with Gasteiger partial charge in [0.05, 0.1) is 18.9 Å². The fraction of sp³-hybridized carbons (Fsp3) is 0.261. The standard InChI is InChI=1S/C23H24N2O3/c1-27-21-12-11-17(13-22(21)28-19-9-5-6-10-19)20(16-7-3-2-4-8-16)14-18-15-24-23(26)25-18/h2-4,7-8,11-15,19H,5-6,9-10H2,1H3,(H2,24,25,26)/b20-14+. The first kappa shape index (κ1) is 18.2. The first-order valence-corrected chi connectivity index (χ1v) is 9.63. The number of hydrogen-bond acceptors (Lipinski definition) is 3. The lowest BCUT2D eigenvalue weighted by Crippen LogP contribution is -2.11. The van der Waals surface area contributed by atoms with Crippen LogP contribution in [0.1, 0.15) is 42.5 Å². The van der Waals surface area contributed by atoms with Crippen molar-refractivity contribution in [1.29, 1.82) is 0 Å². The zero-order valence-corrected chi connectivity index (χ0v) is 15.9. The molecule has 1 heterocycles. The summed E-state index contributed by atoms with van der Waals surface area (Å²) in [4.78, 5) is 17.0. The molecule has 2 aromatic carbocycles. The number of methoxy groups -OCH3 is 1. The molecule has 144 valence electrons. The second-order valence-electron chi connectivity index (χ2n) is 7.01. The van der Waals surface area contributed by atoms with Crippen LogP contribution < -0.4 is 15.2 Å². The topological polar surface area (TPSA) is 67.1 Å². The van der Waals surface area contributed by atoms with Gasteiger partial charge < -0.3 is 19.4 Å². The number of ether oxygens (including phenoxy) is 2. The summed E-state index contributed by atoms with van der Waals surface area (Å²) >= 11 is 0. The number of imidazole rings is 1. The number of H-pyrrole nitrogens is 2. The second-order valence-corrected chi connectivity index (χ2v) is 7.01. The Morgan fingerprint density at radius 3 is 2.50 bits per heavy atom. The Morgan fingerprint density at radius 2 is 1.82 bits per heavy atom. The number of nitrogens with one attached hydrogen (secondary N) is 2. The highest BCUT2D eigenvalue weighted by Crippen LogP contribution is 2.36. The molecular formula is C23H24N2O3. The van der Waals surface area contributed by atoms with Gasteiger partial charge in [0, 0.05) is 6.20 Å². The van der Waals surface area contributed by atoms with Gasteiger partial charge in [-0.15, -0.1) is 0 Å². The Hall–Kier alpha value is -3.21. The van der Waals surface area contributed by atoms with Crippen LogP contribution in [0.25, 0.3) is 11.6 Å². The Morgan fingerprint density at radius 1 is 1.04 bits per heavy atom. The van der Waals surface area contributed by atoms with Crippen LogP contribution in [0.15, 0.2) is 59.5 Å². The molecular weight excluding hydrogens is 352 g/mol. The lowest BCUT2D eigenvalue weighted by molar-refractivity contribution is 0.201. The van der Waals surface area contributed by atoms with Crippen molar-refractivity contribution in [3.63, 3.8) is 0 Å². The fourth-order valence-electron chi connectivity index (χ4n) is 3.65. The predicted octanol–water partition coefficient (Wildman–Crippen LogP) is 4.62. The Bertz CT molecular complexity index is 1010. The van der Waals surface area contributed by atoms with Gasteiger partial charge in [0.2, 0.25) is 0 Å². The van der Waals surface area contributed by atoms with E-state index < -0.39 is 0 Å². The fourth-order valence-corrected chi connectivity index (χ4v) is 3.65. The van der Waals surface area contributed by atoms with E-state index in [9.17, 15) is 4.79 Å². The van der Waals surface area contributed by atoms with Crippen LogP contribution in [0.4, 0.5) is 0 Å². The largest absolute Gasteiger partial charge is 0.493 e. The molecule has 1 fully saturated rings. The Balaban J connectivity index is 1.77. The predicted molar refractivity (Wildman–Crippen MR) is 111 cm³/mol. The van der Waals surface area contributed by atoms with E-state index in [4.69, 9.17) is 9.47 Å². The number of rotatable bonds is 6. The van der Waals surface area contributed by atoms with Gasteiger partial charge in [-0.2, -0.15) is 0 Å². The molecule has 0 amide bonds. The molecule has 1 aliphatic rings.